The molecule has 0 spiro atoms. The van der Waals surface area contributed by atoms with E-state index in [1.165, 1.54) is 11.1 Å². The molecular formula is C43H55N3O6. The number of hydrogen-bond donors (Lipinski definition) is 1. The van der Waals surface area contributed by atoms with Crippen molar-refractivity contribution in [2.24, 2.45) is 16.7 Å². The molecule has 3 amide bonds. The van der Waals surface area contributed by atoms with Crippen LogP contribution in [0.15, 0.2) is 72.3 Å². The Morgan fingerprint density at radius 2 is 1.46 bits per heavy atom. The molecule has 278 valence electrons. The summed E-state index contributed by atoms with van der Waals surface area (Å²) in [5.41, 5.74) is 3.02. The van der Waals surface area contributed by atoms with Crippen LogP contribution in [-0.4, -0.2) is 88.6 Å². The zero-order valence-electron chi connectivity index (χ0n) is 31.7. The molecular weight excluding hydrogens is 654 g/mol. The molecule has 0 aromatic heterocycles. The fraction of sp³-hybridized carbons (Fsp3) is 0.535. The topological polar surface area (TPSA) is 107 Å². The van der Waals surface area contributed by atoms with Gasteiger partial charge in [0.05, 0.1) is 11.0 Å². The molecule has 0 unspecified atom stereocenters. The van der Waals surface area contributed by atoms with Gasteiger partial charge in [0, 0.05) is 56.5 Å². The summed E-state index contributed by atoms with van der Waals surface area (Å²) >= 11 is 0. The maximum absolute atomic E-state index is 14.9. The van der Waals surface area contributed by atoms with Gasteiger partial charge in [-0.1, -0.05) is 81.0 Å². The van der Waals surface area contributed by atoms with Crippen molar-refractivity contribution in [3.63, 3.8) is 0 Å². The lowest BCUT2D eigenvalue weighted by Gasteiger charge is -2.52. The number of allylic oxidation sites excluding steroid dienone is 2. The lowest BCUT2D eigenvalue weighted by molar-refractivity contribution is -0.144. The Morgan fingerprint density at radius 1 is 0.827 bits per heavy atom. The second-order valence-corrected chi connectivity index (χ2v) is 17.1. The molecule has 1 N–H and O–H groups in total. The number of aromatic carboxylic acids is 1. The highest BCUT2D eigenvalue weighted by atomic mass is 16.6. The van der Waals surface area contributed by atoms with Crippen LogP contribution in [0, 0.1) is 16.7 Å². The van der Waals surface area contributed by atoms with Crippen LogP contribution in [0.5, 0.6) is 0 Å². The summed E-state index contributed by atoms with van der Waals surface area (Å²) in [5.74, 6) is -0.446. The highest BCUT2D eigenvalue weighted by molar-refractivity contribution is 5.90. The van der Waals surface area contributed by atoms with Gasteiger partial charge in [-0.25, -0.2) is 9.59 Å². The zero-order valence-corrected chi connectivity index (χ0v) is 31.7. The normalized spacial score (nSPS) is 23.2. The van der Waals surface area contributed by atoms with E-state index in [1.807, 2.05) is 60.9 Å². The summed E-state index contributed by atoms with van der Waals surface area (Å²) in [4.78, 5) is 58.2. The Morgan fingerprint density at radius 3 is 2.06 bits per heavy atom. The van der Waals surface area contributed by atoms with Crippen molar-refractivity contribution in [2.45, 2.75) is 91.1 Å². The third-order valence-electron chi connectivity index (χ3n) is 12.0. The highest BCUT2D eigenvalue weighted by Crippen LogP contribution is 2.55. The number of hydrogen-bond acceptors (Lipinski definition) is 5. The molecule has 0 bridgehead atoms. The molecule has 0 radical (unpaired) electrons. The minimum absolute atomic E-state index is 0.132. The van der Waals surface area contributed by atoms with E-state index in [9.17, 15) is 24.3 Å². The lowest BCUT2D eigenvalue weighted by Crippen LogP contribution is -2.57. The number of rotatable bonds is 6. The van der Waals surface area contributed by atoms with Crippen LogP contribution >= 0.6 is 0 Å². The number of carboxylic acids is 1. The average Bonchev–Trinajstić information content (AvgIpc) is 3.11. The van der Waals surface area contributed by atoms with Crippen molar-refractivity contribution in [3.8, 4) is 0 Å². The van der Waals surface area contributed by atoms with Crippen molar-refractivity contribution >= 4 is 29.5 Å². The number of piperidine rings is 2. The van der Waals surface area contributed by atoms with Gasteiger partial charge in [0.2, 0.25) is 11.8 Å². The zero-order chi connectivity index (χ0) is 37.5. The van der Waals surface area contributed by atoms with E-state index in [2.05, 4.69) is 45.1 Å². The number of carbonyl (C=O) groups is 4. The summed E-state index contributed by atoms with van der Waals surface area (Å²) in [6.07, 6.45) is 8.18. The first kappa shape index (κ1) is 37.4. The quantitative estimate of drug-likeness (QED) is 0.310. The molecule has 2 aromatic rings. The van der Waals surface area contributed by atoms with Gasteiger partial charge in [-0.15, -0.1) is 0 Å². The van der Waals surface area contributed by atoms with E-state index in [-0.39, 0.29) is 40.2 Å². The van der Waals surface area contributed by atoms with Crippen LogP contribution in [-0.2, 0) is 19.7 Å². The van der Waals surface area contributed by atoms with E-state index in [0.717, 1.165) is 30.4 Å². The van der Waals surface area contributed by atoms with Crippen molar-refractivity contribution in [3.05, 3.63) is 89.0 Å². The van der Waals surface area contributed by atoms with Crippen LogP contribution in [0.25, 0.3) is 5.57 Å². The molecule has 52 heavy (non-hydrogen) atoms. The van der Waals surface area contributed by atoms with Crippen LogP contribution < -0.4 is 0 Å². The van der Waals surface area contributed by atoms with Gasteiger partial charge in [-0.2, -0.15) is 0 Å². The fourth-order valence-electron chi connectivity index (χ4n) is 9.20. The monoisotopic (exact) mass is 709 g/mol. The maximum Gasteiger partial charge on any atom is 0.410 e. The lowest BCUT2D eigenvalue weighted by atomic mass is 9.58. The standard InChI is InChI=1S/C43H55N3O6/c1-40(2,3)52-39(51)45-23-17-30(18-24-45)28-36(47)44-26-21-43(22-27-44,33-10-8-7-9-11-33)38(50)46-25-19-35-41(4,5)34(16-20-42(35,6)29-46)31-12-14-32(15-13-31)37(48)49/h7-16,19,30H,17-18,20-29H2,1-6H3,(H,48,49)/t42-/m1/s1. The second-order valence-electron chi connectivity index (χ2n) is 17.1. The first-order valence-electron chi connectivity index (χ1n) is 18.9. The Bertz CT molecular complexity index is 1740. The second kappa shape index (κ2) is 14.2. The molecule has 3 aliphatic heterocycles. The van der Waals surface area contributed by atoms with E-state index >= 15 is 0 Å². The van der Waals surface area contributed by atoms with Crippen molar-refractivity contribution < 1.29 is 29.0 Å². The van der Waals surface area contributed by atoms with Crippen molar-refractivity contribution in [1.29, 1.82) is 0 Å². The van der Waals surface area contributed by atoms with Gasteiger partial charge in [-0.3, -0.25) is 9.59 Å². The molecule has 3 heterocycles. The van der Waals surface area contributed by atoms with Crippen LogP contribution in [0.2, 0.25) is 0 Å². The van der Waals surface area contributed by atoms with E-state index in [4.69, 9.17) is 4.74 Å². The average molecular weight is 710 g/mol. The number of benzene rings is 2. The summed E-state index contributed by atoms with van der Waals surface area (Å²) in [5, 5.41) is 9.39. The van der Waals surface area contributed by atoms with Crippen LogP contribution in [0.3, 0.4) is 0 Å². The summed E-state index contributed by atoms with van der Waals surface area (Å²) in [6, 6.07) is 17.2. The van der Waals surface area contributed by atoms with Crippen LogP contribution in [0.1, 0.15) is 102 Å². The largest absolute Gasteiger partial charge is 0.478 e. The number of carbonyl (C=O) groups excluding carboxylic acids is 3. The number of nitrogens with zero attached hydrogens (tertiary/aromatic N) is 3. The molecule has 0 saturated carbocycles. The molecule has 9 nitrogen and oxygen atoms in total. The summed E-state index contributed by atoms with van der Waals surface area (Å²) in [6.45, 7) is 15.7. The minimum Gasteiger partial charge on any atom is -0.478 e. The molecule has 1 atom stereocenters. The van der Waals surface area contributed by atoms with Gasteiger partial charge < -0.3 is 24.5 Å². The van der Waals surface area contributed by atoms with Gasteiger partial charge in [0.25, 0.3) is 0 Å². The molecule has 9 heteroatoms. The van der Waals surface area contributed by atoms with E-state index in [1.54, 1.807) is 17.0 Å². The molecule has 2 saturated heterocycles. The first-order chi connectivity index (χ1) is 24.5. The molecule has 1 aliphatic carbocycles. The third-order valence-corrected chi connectivity index (χ3v) is 12.0. The van der Waals surface area contributed by atoms with Crippen molar-refractivity contribution in [1.82, 2.24) is 14.7 Å². The summed E-state index contributed by atoms with van der Waals surface area (Å²) < 4.78 is 5.54. The van der Waals surface area contributed by atoms with Crippen molar-refractivity contribution in [2.75, 3.05) is 39.3 Å². The Hall–Kier alpha value is -4.40. The Kier molecular flexibility index (Phi) is 10.2. The Labute approximate surface area is 308 Å². The van der Waals surface area contributed by atoms with Gasteiger partial charge in [0.1, 0.15) is 5.60 Å². The van der Waals surface area contributed by atoms with Crippen LogP contribution in [0.4, 0.5) is 4.79 Å². The smallest absolute Gasteiger partial charge is 0.410 e. The third kappa shape index (κ3) is 7.42. The van der Waals surface area contributed by atoms with Gasteiger partial charge in [0.15, 0.2) is 0 Å². The minimum atomic E-state index is -0.935. The molecule has 4 aliphatic rings. The SMILES string of the molecule is CC(C)(C)OC(=O)N1CCC(CC(=O)N2CCC(C(=O)N3CC=C4C(C)(C)C(c5ccc(C(=O)O)cc5)=CC[C@]4(C)C3)(c3ccccc3)CC2)CC1. The van der Waals surface area contributed by atoms with Gasteiger partial charge >= 0.3 is 12.1 Å². The Balaban J connectivity index is 1.13. The van der Waals surface area contributed by atoms with Gasteiger partial charge in [-0.05, 0) is 87.6 Å². The highest BCUT2D eigenvalue weighted by Gasteiger charge is 2.51. The number of fused-ring (bicyclic) bond motifs is 1. The molecule has 6 rings (SSSR count). The molecule has 2 fully saturated rings. The van der Waals surface area contributed by atoms with E-state index in [0.29, 0.717) is 58.5 Å². The number of carboxylic acid groups (broad SMARTS) is 1. The number of ether oxygens (including phenoxy) is 1. The number of amides is 3. The maximum atomic E-state index is 14.9. The molecule has 2 aromatic carbocycles. The van der Waals surface area contributed by atoms with E-state index < -0.39 is 17.0 Å². The predicted molar refractivity (Wildman–Crippen MR) is 202 cm³/mol. The predicted octanol–water partition coefficient (Wildman–Crippen LogP) is 7.57. The first-order valence-corrected chi connectivity index (χ1v) is 18.9. The number of likely N-dealkylation sites (tertiary alicyclic amines) is 2. The summed E-state index contributed by atoms with van der Waals surface area (Å²) in [7, 11) is 0. The fourth-order valence-corrected chi connectivity index (χ4v) is 9.20.